The van der Waals surface area contributed by atoms with Gasteiger partial charge in [-0.05, 0) is 50.0 Å². The van der Waals surface area contributed by atoms with Gasteiger partial charge in [0, 0.05) is 18.3 Å². The number of nitrogens with two attached hydrogens (primary N) is 1. The van der Waals surface area contributed by atoms with E-state index in [1.165, 1.54) is 18.2 Å². The Labute approximate surface area is 222 Å². The number of aliphatic hydroxyl groups is 2. The van der Waals surface area contributed by atoms with Crippen LogP contribution in [0.25, 0.3) is 11.2 Å². The third-order valence-corrected chi connectivity index (χ3v) is 6.82. The number of imidazole rings is 1. The number of fused-ring (bicyclic) bond motifs is 1. The highest BCUT2D eigenvalue weighted by Gasteiger charge is 2.44. The third-order valence-electron chi connectivity index (χ3n) is 6.82. The minimum Gasteiger partial charge on any atom is -0.387 e. The van der Waals surface area contributed by atoms with Crippen molar-refractivity contribution < 1.29 is 19.7 Å². The van der Waals surface area contributed by atoms with Crippen molar-refractivity contribution in [2.24, 2.45) is 0 Å². The van der Waals surface area contributed by atoms with Crippen LogP contribution in [0.3, 0.4) is 0 Å². The number of hydrogen-bond donors (Lipinski definition) is 5. The number of carbonyl (C=O) groups excluding carboxylic acids is 1. The zero-order valence-corrected chi connectivity index (χ0v) is 22.5. The fraction of sp³-hybridized carbons (Fsp3) is 0.538. The summed E-state index contributed by atoms with van der Waals surface area (Å²) in [4.78, 5) is 26.7. The smallest absolute Gasteiger partial charge is 0.319 e. The van der Waals surface area contributed by atoms with Gasteiger partial charge >= 0.3 is 6.03 Å². The Bertz CT molecular complexity index is 1240. The molecule has 2 aromatic heterocycles. The van der Waals surface area contributed by atoms with Crippen molar-refractivity contribution >= 4 is 28.7 Å². The number of anilines is 2. The van der Waals surface area contributed by atoms with Crippen LogP contribution in [0.5, 0.6) is 0 Å². The van der Waals surface area contributed by atoms with Gasteiger partial charge in [-0.3, -0.25) is 4.57 Å². The number of carbonyl (C=O) groups is 1. The van der Waals surface area contributed by atoms with E-state index in [-0.39, 0.29) is 23.3 Å². The maximum atomic E-state index is 12.4. The van der Waals surface area contributed by atoms with E-state index in [0.717, 1.165) is 5.69 Å². The molecule has 3 unspecified atom stereocenters. The molecule has 12 nitrogen and oxygen atoms in total. The lowest BCUT2D eigenvalue weighted by molar-refractivity contribution is -0.0423. The molecule has 206 valence electrons. The van der Waals surface area contributed by atoms with Gasteiger partial charge in [-0.25, -0.2) is 19.7 Å². The molecule has 1 fully saturated rings. The average molecular weight is 527 g/mol. The summed E-state index contributed by atoms with van der Waals surface area (Å²) >= 11 is 0. The molecule has 3 heterocycles. The molecule has 2 amide bonds. The SMILES string of the molecule is CC(CCN(C)CC1OC(n2cnc3c(N)ncnc32)[C@H](O)[C@@H]1O)NC(=O)Nc1ccc(C(C)(C)C)cc1. The van der Waals surface area contributed by atoms with Crippen LogP contribution in [-0.2, 0) is 10.2 Å². The number of hydrogen-bond acceptors (Lipinski definition) is 9. The Morgan fingerprint density at radius 2 is 1.89 bits per heavy atom. The Kier molecular flexibility index (Phi) is 8.16. The molecule has 0 bridgehead atoms. The number of likely N-dealkylation sites (N-methyl/N-ethyl adjacent to an activating group) is 1. The molecule has 12 heteroatoms. The quantitative estimate of drug-likeness (QED) is 0.295. The van der Waals surface area contributed by atoms with Crippen molar-refractivity contribution in [2.75, 3.05) is 31.2 Å². The summed E-state index contributed by atoms with van der Waals surface area (Å²) < 4.78 is 7.57. The fourth-order valence-corrected chi connectivity index (χ4v) is 4.50. The Hall–Kier alpha value is -3.32. The van der Waals surface area contributed by atoms with Crippen LogP contribution in [0, 0.1) is 0 Å². The van der Waals surface area contributed by atoms with Crippen molar-refractivity contribution in [3.05, 3.63) is 42.5 Å². The van der Waals surface area contributed by atoms with E-state index in [1.807, 2.05) is 43.1 Å². The molecule has 6 N–H and O–H groups in total. The van der Waals surface area contributed by atoms with Crippen molar-refractivity contribution in [2.45, 2.75) is 70.1 Å². The monoisotopic (exact) mass is 526 g/mol. The van der Waals surface area contributed by atoms with Crippen molar-refractivity contribution in [3.8, 4) is 0 Å². The molecule has 1 saturated heterocycles. The second-order valence-electron chi connectivity index (χ2n) is 11.0. The van der Waals surface area contributed by atoms with E-state index in [4.69, 9.17) is 10.5 Å². The maximum absolute atomic E-state index is 12.4. The number of aliphatic hydroxyl groups excluding tert-OH is 2. The standard InChI is InChI=1S/C26H38N8O4/c1-15(31-25(37)32-17-8-6-16(7-9-17)26(2,3)4)10-11-33(5)12-18-20(35)21(36)24(38-18)34-14-30-19-22(27)28-13-29-23(19)34/h6-9,13-15,18,20-21,24,35-36H,10-12H2,1-5H3,(H2,27,28,29)(H2,31,32,37)/t15?,18?,20-,21-,24?/m1/s1. The number of aromatic nitrogens is 4. The zero-order chi connectivity index (χ0) is 27.6. The second-order valence-corrected chi connectivity index (χ2v) is 11.0. The summed E-state index contributed by atoms with van der Waals surface area (Å²) in [5.74, 6) is 0.230. The van der Waals surface area contributed by atoms with Gasteiger partial charge in [-0.2, -0.15) is 0 Å². The minimum absolute atomic E-state index is 0.0528. The van der Waals surface area contributed by atoms with Gasteiger partial charge in [0.1, 0.15) is 30.2 Å². The number of benzene rings is 1. The molecule has 3 aromatic rings. The molecule has 4 rings (SSSR count). The largest absolute Gasteiger partial charge is 0.387 e. The van der Waals surface area contributed by atoms with E-state index in [9.17, 15) is 15.0 Å². The van der Waals surface area contributed by atoms with Gasteiger partial charge in [0.2, 0.25) is 0 Å². The first-order valence-electron chi connectivity index (χ1n) is 12.7. The van der Waals surface area contributed by atoms with Crippen LogP contribution in [0.1, 0.15) is 45.9 Å². The van der Waals surface area contributed by atoms with Crippen LogP contribution < -0.4 is 16.4 Å². The normalized spacial score (nSPS) is 22.6. The van der Waals surface area contributed by atoms with Crippen LogP contribution in [0.15, 0.2) is 36.9 Å². The first kappa shape index (κ1) is 27.7. The van der Waals surface area contributed by atoms with E-state index in [0.29, 0.717) is 30.7 Å². The minimum atomic E-state index is -1.16. The summed E-state index contributed by atoms with van der Waals surface area (Å²) in [6, 6.07) is 7.51. The number of amides is 2. The lowest BCUT2D eigenvalue weighted by atomic mass is 9.87. The number of rotatable bonds is 8. The molecular weight excluding hydrogens is 488 g/mol. The van der Waals surface area contributed by atoms with Crippen LogP contribution in [0.4, 0.5) is 16.3 Å². The number of nitrogens with zero attached hydrogens (tertiary/aromatic N) is 5. The first-order valence-corrected chi connectivity index (χ1v) is 12.7. The van der Waals surface area contributed by atoms with Crippen LogP contribution in [-0.4, -0.2) is 85.2 Å². The molecule has 0 spiro atoms. The number of ether oxygens (including phenoxy) is 1. The summed E-state index contributed by atoms with van der Waals surface area (Å²) in [5, 5.41) is 27.1. The Balaban J connectivity index is 1.25. The van der Waals surface area contributed by atoms with Crippen LogP contribution in [0.2, 0.25) is 0 Å². The highest BCUT2D eigenvalue weighted by molar-refractivity contribution is 5.89. The van der Waals surface area contributed by atoms with Crippen molar-refractivity contribution in [3.63, 3.8) is 0 Å². The average Bonchev–Trinajstić information content (AvgIpc) is 3.40. The zero-order valence-electron chi connectivity index (χ0n) is 22.5. The highest BCUT2D eigenvalue weighted by atomic mass is 16.6. The molecular formula is C26H38N8O4. The highest BCUT2D eigenvalue weighted by Crippen LogP contribution is 2.32. The van der Waals surface area contributed by atoms with Crippen LogP contribution >= 0.6 is 0 Å². The molecule has 5 atom stereocenters. The fourth-order valence-electron chi connectivity index (χ4n) is 4.50. The second kappa shape index (κ2) is 11.2. The molecule has 0 saturated carbocycles. The summed E-state index contributed by atoms with van der Waals surface area (Å²) in [6.45, 7) is 9.41. The van der Waals surface area contributed by atoms with E-state index >= 15 is 0 Å². The van der Waals surface area contributed by atoms with Gasteiger partial charge in [-0.1, -0.05) is 32.9 Å². The van der Waals surface area contributed by atoms with E-state index in [2.05, 4.69) is 46.4 Å². The predicted octanol–water partition coefficient (Wildman–Crippen LogP) is 1.86. The maximum Gasteiger partial charge on any atom is 0.319 e. The van der Waals surface area contributed by atoms with Gasteiger partial charge in [0.05, 0.1) is 6.33 Å². The summed E-state index contributed by atoms with van der Waals surface area (Å²) in [6.07, 6.45) is -0.265. The number of urea groups is 1. The number of nitrogen functional groups attached to an aromatic ring is 1. The molecule has 1 aliphatic rings. The van der Waals surface area contributed by atoms with E-state index in [1.54, 1.807) is 4.57 Å². The Morgan fingerprint density at radius 3 is 2.58 bits per heavy atom. The van der Waals surface area contributed by atoms with Gasteiger partial charge in [-0.15, -0.1) is 0 Å². The molecule has 38 heavy (non-hydrogen) atoms. The predicted molar refractivity (Wildman–Crippen MR) is 145 cm³/mol. The van der Waals surface area contributed by atoms with Crippen molar-refractivity contribution in [1.82, 2.24) is 29.7 Å². The van der Waals surface area contributed by atoms with Gasteiger partial charge in [0.25, 0.3) is 0 Å². The molecule has 1 aromatic carbocycles. The van der Waals surface area contributed by atoms with E-state index < -0.39 is 24.5 Å². The van der Waals surface area contributed by atoms with Crippen molar-refractivity contribution in [1.29, 1.82) is 0 Å². The summed E-state index contributed by atoms with van der Waals surface area (Å²) in [7, 11) is 1.90. The molecule has 0 radical (unpaired) electrons. The lowest BCUT2D eigenvalue weighted by Gasteiger charge is -2.24. The lowest BCUT2D eigenvalue weighted by Crippen LogP contribution is -2.41. The topological polar surface area (TPSA) is 164 Å². The molecule has 0 aliphatic carbocycles. The third kappa shape index (κ3) is 6.21. The number of nitrogens with one attached hydrogen (secondary N) is 2. The summed E-state index contributed by atoms with van der Waals surface area (Å²) in [5.41, 5.74) is 8.67. The Morgan fingerprint density at radius 1 is 1.18 bits per heavy atom. The molecule has 1 aliphatic heterocycles. The van der Waals surface area contributed by atoms with Gasteiger partial charge < -0.3 is 36.2 Å². The first-order chi connectivity index (χ1) is 17.9. The van der Waals surface area contributed by atoms with Gasteiger partial charge in [0.15, 0.2) is 17.7 Å².